The Morgan fingerprint density at radius 2 is 2.21 bits per heavy atom. The zero-order chi connectivity index (χ0) is 14.3. The van der Waals surface area contributed by atoms with Gasteiger partial charge >= 0.3 is 0 Å². The maximum atomic E-state index is 11.8. The SMILES string of the molecule is CC(C)CC(CBr)NC(=O)COc1cccc(Cl)c1. The molecular weight excluding hydrogens is 330 g/mol. The van der Waals surface area contributed by atoms with E-state index in [1.165, 1.54) is 0 Å². The van der Waals surface area contributed by atoms with Crippen LogP contribution < -0.4 is 10.1 Å². The van der Waals surface area contributed by atoms with Gasteiger partial charge in [-0.2, -0.15) is 0 Å². The highest BCUT2D eigenvalue weighted by Gasteiger charge is 2.13. The van der Waals surface area contributed by atoms with Crippen LogP contribution in [0.2, 0.25) is 5.02 Å². The maximum Gasteiger partial charge on any atom is 0.258 e. The zero-order valence-corrected chi connectivity index (χ0v) is 13.5. The van der Waals surface area contributed by atoms with Gasteiger partial charge in [-0.25, -0.2) is 0 Å². The summed E-state index contributed by atoms with van der Waals surface area (Å²) in [5.41, 5.74) is 0. The quantitative estimate of drug-likeness (QED) is 0.764. The first-order valence-electron chi connectivity index (χ1n) is 6.25. The Labute approximate surface area is 127 Å². The second kappa shape index (κ2) is 8.43. The van der Waals surface area contributed by atoms with E-state index in [1.807, 2.05) is 0 Å². The van der Waals surface area contributed by atoms with E-state index in [1.54, 1.807) is 24.3 Å². The van der Waals surface area contributed by atoms with E-state index in [0.29, 0.717) is 16.7 Å². The van der Waals surface area contributed by atoms with Crippen LogP contribution in [-0.4, -0.2) is 23.9 Å². The van der Waals surface area contributed by atoms with Crippen molar-refractivity contribution in [2.45, 2.75) is 26.3 Å². The number of hydrogen-bond acceptors (Lipinski definition) is 2. The largest absolute Gasteiger partial charge is 0.484 e. The lowest BCUT2D eigenvalue weighted by Gasteiger charge is -2.18. The molecule has 1 N–H and O–H groups in total. The summed E-state index contributed by atoms with van der Waals surface area (Å²) in [6.07, 6.45) is 0.939. The molecule has 0 spiro atoms. The molecule has 1 rings (SSSR count). The van der Waals surface area contributed by atoms with E-state index in [4.69, 9.17) is 16.3 Å². The van der Waals surface area contributed by atoms with Crippen LogP contribution in [0.3, 0.4) is 0 Å². The summed E-state index contributed by atoms with van der Waals surface area (Å²) >= 11 is 9.24. The number of hydrogen-bond donors (Lipinski definition) is 1. The van der Waals surface area contributed by atoms with Crippen molar-refractivity contribution in [2.75, 3.05) is 11.9 Å². The molecule has 19 heavy (non-hydrogen) atoms. The predicted molar refractivity (Wildman–Crippen MR) is 82.1 cm³/mol. The van der Waals surface area contributed by atoms with Gasteiger partial charge in [-0.1, -0.05) is 47.4 Å². The number of nitrogens with one attached hydrogen (secondary N) is 1. The molecule has 0 bridgehead atoms. The van der Waals surface area contributed by atoms with Gasteiger partial charge in [0, 0.05) is 16.4 Å². The van der Waals surface area contributed by atoms with Gasteiger partial charge in [0.05, 0.1) is 0 Å². The Bertz CT molecular complexity index is 412. The first-order chi connectivity index (χ1) is 9.01. The highest BCUT2D eigenvalue weighted by Crippen LogP contribution is 2.16. The Morgan fingerprint density at radius 1 is 1.47 bits per heavy atom. The number of carbonyl (C=O) groups is 1. The first kappa shape index (κ1) is 16.3. The lowest BCUT2D eigenvalue weighted by molar-refractivity contribution is -0.123. The van der Waals surface area contributed by atoms with Gasteiger partial charge in [0.1, 0.15) is 5.75 Å². The lowest BCUT2D eigenvalue weighted by atomic mass is 10.1. The molecule has 5 heteroatoms. The third kappa shape index (κ3) is 6.83. The summed E-state index contributed by atoms with van der Waals surface area (Å²) in [5, 5.41) is 4.28. The summed E-state index contributed by atoms with van der Waals surface area (Å²) in [4.78, 5) is 11.8. The fourth-order valence-electron chi connectivity index (χ4n) is 1.70. The Morgan fingerprint density at radius 3 is 2.79 bits per heavy atom. The van der Waals surface area contributed by atoms with Crippen molar-refractivity contribution in [3.05, 3.63) is 29.3 Å². The number of ether oxygens (including phenoxy) is 1. The molecule has 0 saturated carbocycles. The van der Waals surface area contributed by atoms with E-state index in [9.17, 15) is 4.79 Å². The maximum absolute atomic E-state index is 11.8. The van der Waals surface area contributed by atoms with Crippen molar-refractivity contribution in [1.29, 1.82) is 0 Å². The molecule has 1 aromatic carbocycles. The number of benzene rings is 1. The monoisotopic (exact) mass is 347 g/mol. The summed E-state index contributed by atoms with van der Waals surface area (Å²) < 4.78 is 5.39. The molecule has 1 aromatic rings. The predicted octanol–water partition coefficient (Wildman–Crippen LogP) is 3.64. The molecule has 0 aromatic heterocycles. The highest BCUT2D eigenvalue weighted by atomic mass is 79.9. The smallest absolute Gasteiger partial charge is 0.258 e. The fraction of sp³-hybridized carbons (Fsp3) is 0.500. The average Bonchev–Trinajstić information content (AvgIpc) is 2.35. The van der Waals surface area contributed by atoms with Crippen LogP contribution in [0.1, 0.15) is 20.3 Å². The molecule has 1 atom stereocenters. The second-order valence-corrected chi connectivity index (χ2v) is 5.88. The molecule has 0 aliphatic heterocycles. The third-order valence-corrected chi connectivity index (χ3v) is 3.49. The molecule has 1 amide bonds. The van der Waals surface area contributed by atoms with Crippen molar-refractivity contribution in [3.8, 4) is 5.75 Å². The number of amides is 1. The minimum absolute atomic E-state index is 0.00192. The minimum Gasteiger partial charge on any atom is -0.484 e. The fourth-order valence-corrected chi connectivity index (χ4v) is 2.31. The minimum atomic E-state index is -0.120. The van der Waals surface area contributed by atoms with Crippen molar-refractivity contribution >= 4 is 33.4 Å². The van der Waals surface area contributed by atoms with Crippen LogP contribution in [0.4, 0.5) is 0 Å². The van der Waals surface area contributed by atoms with Crippen LogP contribution >= 0.6 is 27.5 Å². The molecule has 106 valence electrons. The third-order valence-electron chi connectivity index (χ3n) is 2.47. The average molecular weight is 349 g/mol. The van der Waals surface area contributed by atoms with Crippen LogP contribution in [0, 0.1) is 5.92 Å². The molecule has 0 aliphatic carbocycles. The van der Waals surface area contributed by atoms with Gasteiger partial charge in [0.2, 0.25) is 0 Å². The molecular formula is C14H19BrClNO2. The lowest BCUT2D eigenvalue weighted by Crippen LogP contribution is -2.39. The van der Waals surface area contributed by atoms with Gasteiger partial charge in [0.15, 0.2) is 6.61 Å². The number of carbonyl (C=O) groups excluding carboxylic acids is 1. The molecule has 3 nitrogen and oxygen atoms in total. The van der Waals surface area contributed by atoms with Gasteiger partial charge < -0.3 is 10.1 Å². The summed E-state index contributed by atoms with van der Waals surface area (Å²) in [6.45, 7) is 4.26. The van der Waals surface area contributed by atoms with Crippen molar-refractivity contribution in [3.63, 3.8) is 0 Å². The summed E-state index contributed by atoms with van der Waals surface area (Å²) in [6, 6.07) is 7.14. The van der Waals surface area contributed by atoms with Crippen molar-refractivity contribution in [2.24, 2.45) is 5.92 Å². The van der Waals surface area contributed by atoms with Crippen LogP contribution in [-0.2, 0) is 4.79 Å². The summed E-state index contributed by atoms with van der Waals surface area (Å²) in [7, 11) is 0. The Kier molecular flexibility index (Phi) is 7.24. The number of halogens is 2. The van der Waals surface area contributed by atoms with Gasteiger partial charge in [-0.15, -0.1) is 0 Å². The molecule has 0 saturated heterocycles. The highest BCUT2D eigenvalue weighted by molar-refractivity contribution is 9.09. The first-order valence-corrected chi connectivity index (χ1v) is 7.75. The van der Waals surface area contributed by atoms with Crippen LogP contribution in [0.5, 0.6) is 5.75 Å². The van der Waals surface area contributed by atoms with E-state index < -0.39 is 0 Å². The molecule has 0 radical (unpaired) electrons. The molecule has 0 heterocycles. The van der Waals surface area contributed by atoms with E-state index in [0.717, 1.165) is 11.8 Å². The van der Waals surface area contributed by atoms with Gasteiger partial charge in [-0.3, -0.25) is 4.79 Å². The van der Waals surface area contributed by atoms with Crippen molar-refractivity contribution in [1.82, 2.24) is 5.32 Å². The zero-order valence-electron chi connectivity index (χ0n) is 11.2. The standard InChI is InChI=1S/C14H19BrClNO2/c1-10(2)6-12(8-15)17-14(18)9-19-13-5-3-4-11(16)7-13/h3-5,7,10,12H,6,8-9H2,1-2H3,(H,17,18). The second-order valence-electron chi connectivity index (χ2n) is 4.79. The molecule has 1 unspecified atom stereocenters. The van der Waals surface area contributed by atoms with E-state index >= 15 is 0 Å². The number of alkyl halides is 1. The van der Waals surface area contributed by atoms with Crippen molar-refractivity contribution < 1.29 is 9.53 Å². The normalized spacial score (nSPS) is 12.3. The molecule has 0 fully saturated rings. The van der Waals surface area contributed by atoms with Gasteiger partial charge in [0.25, 0.3) is 5.91 Å². The topological polar surface area (TPSA) is 38.3 Å². The summed E-state index contributed by atoms with van der Waals surface area (Å²) in [5.74, 6) is 1.02. The Balaban J connectivity index is 2.38. The van der Waals surface area contributed by atoms with Crippen LogP contribution in [0.25, 0.3) is 0 Å². The van der Waals surface area contributed by atoms with Gasteiger partial charge in [-0.05, 0) is 30.5 Å². The van der Waals surface area contributed by atoms with E-state index in [-0.39, 0.29) is 18.6 Å². The van der Waals surface area contributed by atoms with Crippen LogP contribution in [0.15, 0.2) is 24.3 Å². The number of rotatable bonds is 7. The Hall–Kier alpha value is -0.740. The molecule has 0 aliphatic rings. The van der Waals surface area contributed by atoms with E-state index in [2.05, 4.69) is 35.1 Å².